The van der Waals surface area contributed by atoms with Crippen molar-refractivity contribution in [3.05, 3.63) is 0 Å². The van der Waals surface area contributed by atoms with Gasteiger partial charge in [-0.25, -0.2) is 0 Å². The van der Waals surface area contributed by atoms with Gasteiger partial charge in [0.15, 0.2) is 0 Å². The molecule has 0 aromatic heterocycles. The lowest BCUT2D eigenvalue weighted by Crippen LogP contribution is -2.38. The molecule has 3 rings (SSSR count). The first-order valence-electron chi connectivity index (χ1n) is 7.52. The predicted molar refractivity (Wildman–Crippen MR) is 72.8 cm³/mol. The quantitative estimate of drug-likeness (QED) is 0.712. The Balaban J connectivity index is 1.33. The zero-order chi connectivity index (χ0) is 12.4. The molecule has 3 aliphatic rings. The van der Waals surface area contributed by atoms with Crippen LogP contribution in [0, 0.1) is 11.8 Å². The summed E-state index contributed by atoms with van der Waals surface area (Å²) in [5, 5.41) is 0. The van der Waals surface area contributed by atoms with Gasteiger partial charge in [0.1, 0.15) is 0 Å². The van der Waals surface area contributed by atoms with Gasteiger partial charge in [-0.2, -0.15) is 0 Å². The van der Waals surface area contributed by atoms with Gasteiger partial charge in [-0.3, -0.25) is 4.90 Å². The molecule has 0 saturated carbocycles. The summed E-state index contributed by atoms with van der Waals surface area (Å²) >= 11 is 0. The Labute approximate surface area is 111 Å². The first-order valence-corrected chi connectivity index (χ1v) is 7.52. The van der Waals surface area contributed by atoms with Crippen LogP contribution in [-0.2, 0) is 4.74 Å². The first-order chi connectivity index (χ1) is 8.81. The van der Waals surface area contributed by atoms with Crippen LogP contribution in [0.15, 0.2) is 0 Å². The summed E-state index contributed by atoms with van der Waals surface area (Å²) in [7, 11) is 2.26. The van der Waals surface area contributed by atoms with E-state index in [2.05, 4.69) is 21.7 Å². The minimum Gasteiger partial charge on any atom is -0.379 e. The summed E-state index contributed by atoms with van der Waals surface area (Å²) in [5.74, 6) is 1.91. The Hall–Kier alpha value is -0.160. The molecule has 4 heteroatoms. The van der Waals surface area contributed by atoms with Crippen LogP contribution in [0.1, 0.15) is 6.42 Å². The summed E-state index contributed by atoms with van der Waals surface area (Å²) in [6.07, 6.45) is 1.33. The van der Waals surface area contributed by atoms with Gasteiger partial charge in [0.05, 0.1) is 13.2 Å². The number of ether oxygens (including phenoxy) is 1. The van der Waals surface area contributed by atoms with Crippen molar-refractivity contribution in [1.82, 2.24) is 14.7 Å². The molecule has 0 radical (unpaired) electrons. The smallest absolute Gasteiger partial charge is 0.0594 e. The molecule has 18 heavy (non-hydrogen) atoms. The third-order valence-electron chi connectivity index (χ3n) is 4.80. The zero-order valence-corrected chi connectivity index (χ0v) is 11.7. The number of fused-ring (bicyclic) bond motifs is 1. The fourth-order valence-electron chi connectivity index (χ4n) is 3.85. The molecule has 0 aromatic carbocycles. The third-order valence-corrected chi connectivity index (χ3v) is 4.80. The largest absolute Gasteiger partial charge is 0.379 e. The topological polar surface area (TPSA) is 19.0 Å². The van der Waals surface area contributed by atoms with Crippen LogP contribution in [-0.4, -0.2) is 87.3 Å². The van der Waals surface area contributed by atoms with Crippen molar-refractivity contribution < 1.29 is 4.74 Å². The highest BCUT2D eigenvalue weighted by Crippen LogP contribution is 2.29. The summed E-state index contributed by atoms with van der Waals surface area (Å²) in [5.41, 5.74) is 0. The van der Waals surface area contributed by atoms with Gasteiger partial charge < -0.3 is 14.5 Å². The number of nitrogens with zero attached hydrogens (tertiary/aromatic N) is 3. The Kier molecular flexibility index (Phi) is 4.19. The van der Waals surface area contributed by atoms with Crippen LogP contribution < -0.4 is 0 Å². The molecule has 3 heterocycles. The molecule has 0 amide bonds. The molecule has 4 nitrogen and oxygen atoms in total. The van der Waals surface area contributed by atoms with E-state index in [0.29, 0.717) is 0 Å². The van der Waals surface area contributed by atoms with Crippen LogP contribution in [0.2, 0.25) is 0 Å². The van der Waals surface area contributed by atoms with Crippen LogP contribution in [0.4, 0.5) is 0 Å². The molecule has 2 atom stereocenters. The van der Waals surface area contributed by atoms with E-state index >= 15 is 0 Å². The summed E-state index contributed by atoms with van der Waals surface area (Å²) < 4.78 is 5.38. The second-order valence-electron chi connectivity index (χ2n) is 6.31. The highest BCUT2D eigenvalue weighted by Gasteiger charge is 2.38. The summed E-state index contributed by atoms with van der Waals surface area (Å²) in [6.45, 7) is 12.0. The van der Waals surface area contributed by atoms with Crippen molar-refractivity contribution in [2.75, 3.05) is 72.6 Å². The standard InChI is InChI=1S/C14H27N3O/c1-15-9-13-11-17(12-14(13)10-15)4-2-3-16-5-7-18-8-6-16/h13-14H,2-12H2,1H3/t13-,14+. The lowest BCUT2D eigenvalue weighted by atomic mass is 10.0. The highest BCUT2D eigenvalue weighted by molar-refractivity contribution is 4.91. The number of hydrogen-bond donors (Lipinski definition) is 0. The molecule has 0 spiro atoms. The van der Waals surface area contributed by atoms with Gasteiger partial charge in [0.25, 0.3) is 0 Å². The highest BCUT2D eigenvalue weighted by atomic mass is 16.5. The normalized spacial score (nSPS) is 35.2. The van der Waals surface area contributed by atoms with E-state index in [9.17, 15) is 0 Å². The second-order valence-corrected chi connectivity index (χ2v) is 6.31. The van der Waals surface area contributed by atoms with Gasteiger partial charge >= 0.3 is 0 Å². The SMILES string of the molecule is CN1C[C@@H]2CN(CCCN3CCOCC3)C[C@@H]2C1. The number of rotatable bonds is 4. The van der Waals surface area contributed by atoms with Crippen LogP contribution in [0.3, 0.4) is 0 Å². The zero-order valence-electron chi connectivity index (χ0n) is 11.7. The van der Waals surface area contributed by atoms with Gasteiger partial charge in [0.2, 0.25) is 0 Å². The van der Waals surface area contributed by atoms with E-state index in [0.717, 1.165) is 38.1 Å². The van der Waals surface area contributed by atoms with Gasteiger partial charge in [-0.05, 0) is 38.4 Å². The van der Waals surface area contributed by atoms with Crippen molar-refractivity contribution in [3.8, 4) is 0 Å². The third kappa shape index (κ3) is 3.05. The van der Waals surface area contributed by atoms with Gasteiger partial charge in [0, 0.05) is 39.3 Å². The first kappa shape index (κ1) is 12.9. The van der Waals surface area contributed by atoms with Crippen molar-refractivity contribution in [3.63, 3.8) is 0 Å². The molecule has 0 bridgehead atoms. The molecular weight excluding hydrogens is 226 g/mol. The Bertz CT molecular complexity index is 254. The second kappa shape index (κ2) is 5.87. The molecular formula is C14H27N3O. The molecule has 0 aliphatic carbocycles. The molecule has 0 N–H and O–H groups in total. The Morgan fingerprint density at radius 1 is 0.889 bits per heavy atom. The maximum absolute atomic E-state index is 5.38. The average Bonchev–Trinajstić information content (AvgIpc) is 2.87. The fraction of sp³-hybridized carbons (Fsp3) is 1.00. The summed E-state index contributed by atoms with van der Waals surface area (Å²) in [4.78, 5) is 7.75. The lowest BCUT2D eigenvalue weighted by molar-refractivity contribution is 0.0363. The van der Waals surface area contributed by atoms with Gasteiger partial charge in [-0.1, -0.05) is 0 Å². The maximum Gasteiger partial charge on any atom is 0.0594 e. The average molecular weight is 253 g/mol. The maximum atomic E-state index is 5.38. The van der Waals surface area contributed by atoms with E-state index in [1.54, 1.807) is 0 Å². The van der Waals surface area contributed by atoms with Crippen molar-refractivity contribution in [2.24, 2.45) is 11.8 Å². The summed E-state index contributed by atoms with van der Waals surface area (Å²) in [6, 6.07) is 0. The van der Waals surface area contributed by atoms with Gasteiger partial charge in [-0.15, -0.1) is 0 Å². The molecule has 0 unspecified atom stereocenters. The Morgan fingerprint density at radius 2 is 1.50 bits per heavy atom. The van der Waals surface area contributed by atoms with E-state index in [1.165, 1.54) is 45.7 Å². The molecule has 3 saturated heterocycles. The van der Waals surface area contributed by atoms with Crippen molar-refractivity contribution in [2.45, 2.75) is 6.42 Å². The van der Waals surface area contributed by atoms with Crippen LogP contribution in [0.25, 0.3) is 0 Å². The Morgan fingerprint density at radius 3 is 2.17 bits per heavy atom. The molecule has 3 aliphatic heterocycles. The number of morpholine rings is 1. The molecule has 0 aromatic rings. The molecule has 3 fully saturated rings. The minimum atomic E-state index is 0.931. The lowest BCUT2D eigenvalue weighted by Gasteiger charge is -2.27. The van der Waals surface area contributed by atoms with E-state index in [1.807, 2.05) is 0 Å². The van der Waals surface area contributed by atoms with E-state index < -0.39 is 0 Å². The van der Waals surface area contributed by atoms with Crippen LogP contribution >= 0.6 is 0 Å². The van der Waals surface area contributed by atoms with E-state index in [-0.39, 0.29) is 0 Å². The number of likely N-dealkylation sites (tertiary alicyclic amines) is 2. The van der Waals surface area contributed by atoms with Crippen molar-refractivity contribution >= 4 is 0 Å². The minimum absolute atomic E-state index is 0.931. The van der Waals surface area contributed by atoms with Crippen molar-refractivity contribution in [1.29, 1.82) is 0 Å². The monoisotopic (exact) mass is 253 g/mol. The predicted octanol–water partition coefficient (Wildman–Crippen LogP) is 0.202. The van der Waals surface area contributed by atoms with Crippen LogP contribution in [0.5, 0.6) is 0 Å². The molecule has 104 valence electrons. The van der Waals surface area contributed by atoms with E-state index in [4.69, 9.17) is 4.74 Å². The fourth-order valence-corrected chi connectivity index (χ4v) is 3.85. The number of hydrogen-bond acceptors (Lipinski definition) is 4.